The van der Waals surface area contributed by atoms with Crippen LogP contribution in [0.1, 0.15) is 4.88 Å². The predicted octanol–water partition coefficient (Wildman–Crippen LogP) is 3.97. The van der Waals surface area contributed by atoms with Gasteiger partial charge in [-0.2, -0.15) is 0 Å². The van der Waals surface area contributed by atoms with Crippen molar-refractivity contribution in [1.82, 2.24) is 0 Å². The van der Waals surface area contributed by atoms with Crippen molar-refractivity contribution in [3.05, 3.63) is 45.6 Å². The number of carbonyl (C=O) groups is 1. The molecule has 2 aromatic rings. The summed E-state index contributed by atoms with van der Waals surface area (Å²) in [6, 6.07) is 9.69. The number of benzene rings is 1. The van der Waals surface area contributed by atoms with E-state index in [9.17, 15) is 4.79 Å². The van der Waals surface area contributed by atoms with Crippen LogP contribution in [0.3, 0.4) is 0 Å². The van der Waals surface area contributed by atoms with Crippen molar-refractivity contribution in [1.29, 1.82) is 0 Å². The van der Waals surface area contributed by atoms with E-state index in [1.54, 1.807) is 16.2 Å². The van der Waals surface area contributed by atoms with Crippen molar-refractivity contribution >= 4 is 40.4 Å². The molecule has 0 saturated carbocycles. The molecule has 104 valence electrons. The van der Waals surface area contributed by atoms with Crippen molar-refractivity contribution in [2.45, 2.75) is 6.54 Å². The van der Waals surface area contributed by atoms with Crippen molar-refractivity contribution < 1.29 is 9.53 Å². The maximum absolute atomic E-state index is 11.5. The van der Waals surface area contributed by atoms with Gasteiger partial charge in [-0.25, -0.2) is 4.79 Å². The number of nitrogens with one attached hydrogen (secondary N) is 1. The number of nitrogens with zero attached hydrogens (tertiary/aromatic N) is 1. The van der Waals surface area contributed by atoms with Crippen LogP contribution in [0, 0.1) is 0 Å². The van der Waals surface area contributed by atoms with Gasteiger partial charge in [0.25, 0.3) is 0 Å². The summed E-state index contributed by atoms with van der Waals surface area (Å²) in [6.45, 7) is 1.76. The molecule has 4 nitrogen and oxygen atoms in total. The molecule has 1 aliphatic rings. The summed E-state index contributed by atoms with van der Waals surface area (Å²) in [5.41, 5.74) is 1.81. The Bertz CT molecular complexity index is 629. The number of ether oxygens (including phenoxy) is 1. The van der Waals surface area contributed by atoms with Crippen LogP contribution in [-0.4, -0.2) is 19.2 Å². The summed E-state index contributed by atoms with van der Waals surface area (Å²) >= 11 is 7.51. The third-order valence-electron chi connectivity index (χ3n) is 3.01. The van der Waals surface area contributed by atoms with Gasteiger partial charge in [0, 0.05) is 28.2 Å². The fourth-order valence-corrected chi connectivity index (χ4v) is 3.06. The van der Waals surface area contributed by atoms with Gasteiger partial charge in [0.2, 0.25) is 0 Å². The zero-order chi connectivity index (χ0) is 13.9. The molecule has 6 heteroatoms. The molecule has 1 amide bonds. The minimum Gasteiger partial charge on any atom is -0.447 e. The number of hydrogen-bond donors (Lipinski definition) is 1. The molecule has 1 aromatic heterocycles. The van der Waals surface area contributed by atoms with E-state index in [0.29, 0.717) is 19.7 Å². The van der Waals surface area contributed by atoms with E-state index in [1.807, 2.05) is 35.7 Å². The van der Waals surface area contributed by atoms with Gasteiger partial charge in [0.15, 0.2) is 0 Å². The van der Waals surface area contributed by atoms with E-state index in [2.05, 4.69) is 5.32 Å². The normalized spacial score (nSPS) is 14.4. The van der Waals surface area contributed by atoms with Crippen molar-refractivity contribution in [3.8, 4) is 0 Å². The van der Waals surface area contributed by atoms with E-state index in [0.717, 1.165) is 16.4 Å². The van der Waals surface area contributed by atoms with Crippen LogP contribution >= 0.6 is 22.9 Å². The zero-order valence-corrected chi connectivity index (χ0v) is 12.2. The lowest BCUT2D eigenvalue weighted by atomic mass is 10.2. The van der Waals surface area contributed by atoms with Crippen LogP contribution < -0.4 is 10.2 Å². The summed E-state index contributed by atoms with van der Waals surface area (Å²) in [6.07, 6.45) is -0.285. The van der Waals surface area contributed by atoms with Crippen LogP contribution in [0.2, 0.25) is 5.02 Å². The highest BCUT2D eigenvalue weighted by Crippen LogP contribution is 2.24. The molecule has 20 heavy (non-hydrogen) atoms. The molecule has 0 unspecified atom stereocenters. The molecular weight excluding hydrogens is 296 g/mol. The Hall–Kier alpha value is -1.72. The van der Waals surface area contributed by atoms with Gasteiger partial charge in [0.05, 0.1) is 11.6 Å². The molecule has 2 heterocycles. The average molecular weight is 309 g/mol. The quantitative estimate of drug-likeness (QED) is 0.929. The highest BCUT2D eigenvalue weighted by Gasteiger charge is 2.23. The lowest BCUT2D eigenvalue weighted by Crippen LogP contribution is -2.23. The number of halogens is 1. The topological polar surface area (TPSA) is 41.6 Å². The lowest BCUT2D eigenvalue weighted by Gasteiger charge is -2.14. The maximum Gasteiger partial charge on any atom is 0.414 e. The summed E-state index contributed by atoms with van der Waals surface area (Å²) in [5.74, 6) is 0. The molecule has 1 saturated heterocycles. The Morgan fingerprint density at radius 2 is 2.30 bits per heavy atom. The molecule has 1 aromatic carbocycles. The van der Waals surface area contributed by atoms with Gasteiger partial charge < -0.3 is 10.1 Å². The molecule has 0 bridgehead atoms. The minimum absolute atomic E-state index is 0.285. The SMILES string of the molecule is O=C1OCCN1c1cccc(NCc2cc(Cl)cs2)c1. The monoisotopic (exact) mass is 308 g/mol. The fourth-order valence-electron chi connectivity index (χ4n) is 2.05. The number of carbonyl (C=O) groups excluding carboxylic acids is 1. The number of thiophene rings is 1. The van der Waals surface area contributed by atoms with Gasteiger partial charge in [-0.1, -0.05) is 17.7 Å². The van der Waals surface area contributed by atoms with E-state index in [-0.39, 0.29) is 6.09 Å². The summed E-state index contributed by atoms with van der Waals surface area (Å²) in [5, 5.41) is 6.00. The van der Waals surface area contributed by atoms with Gasteiger partial charge >= 0.3 is 6.09 Å². The van der Waals surface area contributed by atoms with Crippen LogP contribution in [0.4, 0.5) is 16.2 Å². The molecule has 1 fully saturated rings. The Labute approximate surface area is 125 Å². The minimum atomic E-state index is -0.285. The van der Waals surface area contributed by atoms with Crippen LogP contribution in [0.5, 0.6) is 0 Å². The molecule has 1 aliphatic heterocycles. The maximum atomic E-state index is 11.5. The zero-order valence-electron chi connectivity index (χ0n) is 10.6. The van der Waals surface area contributed by atoms with Crippen molar-refractivity contribution in [3.63, 3.8) is 0 Å². The van der Waals surface area contributed by atoms with Gasteiger partial charge in [0.1, 0.15) is 6.61 Å². The van der Waals surface area contributed by atoms with Gasteiger partial charge in [-0.05, 0) is 24.3 Å². The molecule has 0 radical (unpaired) electrons. The first-order valence-corrected chi connectivity index (χ1v) is 7.49. The largest absolute Gasteiger partial charge is 0.447 e. The molecule has 0 spiro atoms. The van der Waals surface area contributed by atoms with E-state index in [1.165, 1.54) is 4.88 Å². The molecule has 1 N–H and O–H groups in total. The van der Waals surface area contributed by atoms with E-state index >= 15 is 0 Å². The van der Waals surface area contributed by atoms with E-state index < -0.39 is 0 Å². The second-order valence-corrected chi connectivity index (χ2v) is 5.83. The van der Waals surface area contributed by atoms with Crippen molar-refractivity contribution in [2.24, 2.45) is 0 Å². The first-order chi connectivity index (χ1) is 9.72. The lowest BCUT2D eigenvalue weighted by molar-refractivity contribution is 0.181. The molecule has 0 aliphatic carbocycles. The van der Waals surface area contributed by atoms with Crippen LogP contribution in [0.15, 0.2) is 35.7 Å². The Kier molecular flexibility index (Phi) is 3.80. The predicted molar refractivity (Wildman–Crippen MR) is 81.8 cm³/mol. The third-order valence-corrected chi connectivity index (χ3v) is 4.29. The second-order valence-electron chi connectivity index (χ2n) is 4.40. The molecular formula is C14H13ClN2O2S. The fraction of sp³-hybridized carbons (Fsp3) is 0.214. The standard InChI is InChI=1S/C14H13ClN2O2S/c15-10-6-13(20-9-10)8-16-11-2-1-3-12(7-11)17-4-5-19-14(17)18/h1-3,6-7,9,16H,4-5,8H2. The Morgan fingerprint density at radius 3 is 3.00 bits per heavy atom. The van der Waals surface area contributed by atoms with Crippen LogP contribution in [-0.2, 0) is 11.3 Å². The van der Waals surface area contributed by atoms with Gasteiger partial charge in [-0.15, -0.1) is 11.3 Å². The third kappa shape index (κ3) is 2.89. The summed E-state index contributed by atoms with van der Waals surface area (Å²) < 4.78 is 4.95. The number of anilines is 2. The van der Waals surface area contributed by atoms with Crippen LogP contribution in [0.25, 0.3) is 0 Å². The number of hydrogen-bond acceptors (Lipinski definition) is 4. The highest BCUT2D eigenvalue weighted by molar-refractivity contribution is 7.10. The average Bonchev–Trinajstić information content (AvgIpc) is 3.05. The Balaban J connectivity index is 1.69. The smallest absolute Gasteiger partial charge is 0.414 e. The van der Waals surface area contributed by atoms with E-state index in [4.69, 9.17) is 16.3 Å². The summed E-state index contributed by atoms with van der Waals surface area (Å²) in [4.78, 5) is 14.3. The second kappa shape index (κ2) is 5.73. The first-order valence-electron chi connectivity index (χ1n) is 6.23. The Morgan fingerprint density at radius 1 is 1.40 bits per heavy atom. The van der Waals surface area contributed by atoms with Crippen molar-refractivity contribution in [2.75, 3.05) is 23.4 Å². The number of cyclic esters (lactones) is 1. The number of rotatable bonds is 4. The molecule has 3 rings (SSSR count). The highest BCUT2D eigenvalue weighted by atomic mass is 35.5. The number of amides is 1. The first kappa shape index (κ1) is 13.3. The summed E-state index contributed by atoms with van der Waals surface area (Å²) in [7, 11) is 0. The van der Waals surface area contributed by atoms with Gasteiger partial charge in [-0.3, -0.25) is 4.90 Å². The molecule has 0 atom stereocenters.